The minimum atomic E-state index is 0.187. The van der Waals surface area contributed by atoms with Gasteiger partial charge in [0.05, 0.1) is 0 Å². The van der Waals surface area contributed by atoms with Crippen LogP contribution >= 0.6 is 0 Å². The average molecular weight is 649 g/mol. The van der Waals surface area contributed by atoms with Crippen LogP contribution in [-0.4, -0.2) is 45.2 Å². The molecule has 0 saturated carbocycles. The number of piperidine rings is 2. The minimum absolute atomic E-state index is 0.187. The molecule has 2 N–H and O–H groups in total. The predicted molar refractivity (Wildman–Crippen MR) is 194 cm³/mol. The van der Waals surface area contributed by atoms with Crippen LogP contribution in [0.15, 0.2) is 72.8 Å². The third-order valence-corrected chi connectivity index (χ3v) is 10.6. The van der Waals surface area contributed by atoms with Crippen LogP contribution in [-0.2, 0) is 26.3 Å². The highest BCUT2D eigenvalue weighted by Gasteiger charge is 2.20. The van der Waals surface area contributed by atoms with Crippen LogP contribution in [0.3, 0.4) is 0 Å². The van der Waals surface area contributed by atoms with E-state index in [1.54, 1.807) is 0 Å². The Bertz CT molecular complexity index is 1580. The van der Waals surface area contributed by atoms with E-state index < -0.39 is 0 Å². The van der Waals surface area contributed by atoms with Gasteiger partial charge in [-0.2, -0.15) is 0 Å². The van der Waals surface area contributed by atoms with E-state index in [4.69, 9.17) is 9.47 Å². The third-order valence-electron chi connectivity index (χ3n) is 10.6. The molecule has 0 aromatic heterocycles. The van der Waals surface area contributed by atoms with Gasteiger partial charge in [-0.1, -0.05) is 61.4 Å². The van der Waals surface area contributed by atoms with Crippen LogP contribution in [0.2, 0.25) is 0 Å². The number of hydrogen-bond donors (Lipinski definition) is 2. The van der Waals surface area contributed by atoms with E-state index in [-0.39, 0.29) is 11.5 Å². The lowest BCUT2D eigenvalue weighted by molar-refractivity contribution is 0.152. The fourth-order valence-corrected chi connectivity index (χ4v) is 7.39. The Kier molecular flexibility index (Phi) is 10.9. The molecule has 6 rings (SSSR count). The van der Waals surface area contributed by atoms with Crippen molar-refractivity contribution in [2.24, 2.45) is 0 Å². The van der Waals surface area contributed by atoms with Gasteiger partial charge in [0.25, 0.3) is 0 Å². The Morgan fingerprint density at radius 2 is 1.04 bits per heavy atom. The number of phenols is 2. The normalized spacial score (nSPS) is 18.9. The first kappa shape index (κ1) is 33.9. The molecule has 4 aromatic carbocycles. The molecule has 0 bridgehead atoms. The van der Waals surface area contributed by atoms with Crippen molar-refractivity contribution in [3.05, 3.63) is 106 Å². The monoisotopic (exact) mass is 648 g/mol. The van der Waals surface area contributed by atoms with Gasteiger partial charge in [0, 0.05) is 25.2 Å². The highest BCUT2D eigenvalue weighted by molar-refractivity contribution is 5.72. The molecular weight excluding hydrogens is 596 g/mol. The SMILES string of the molecule is Cc1c(COc2ccc(CN3CCCC[C@H]3C)cc2O)cccc1-c1cccc(COc2ccc(CN3CCCC[C@H]3C)cc2O)c1C. The quantitative estimate of drug-likeness (QED) is 0.169. The lowest BCUT2D eigenvalue weighted by Gasteiger charge is -2.33. The fraction of sp³-hybridized carbons (Fsp3) is 0.429. The molecule has 4 aromatic rings. The first-order valence-corrected chi connectivity index (χ1v) is 17.8. The van der Waals surface area contributed by atoms with Gasteiger partial charge < -0.3 is 19.7 Å². The van der Waals surface area contributed by atoms with Crippen LogP contribution in [0.25, 0.3) is 11.1 Å². The van der Waals surface area contributed by atoms with E-state index in [9.17, 15) is 10.2 Å². The Hall–Kier alpha value is -4.00. The van der Waals surface area contributed by atoms with Crippen molar-refractivity contribution < 1.29 is 19.7 Å². The van der Waals surface area contributed by atoms with Crippen molar-refractivity contribution in [1.29, 1.82) is 0 Å². The second-order valence-corrected chi connectivity index (χ2v) is 14.0. The summed E-state index contributed by atoms with van der Waals surface area (Å²) < 4.78 is 12.3. The molecule has 2 aliphatic rings. The number of phenolic OH excluding ortho intramolecular Hbond substituents is 2. The van der Waals surface area contributed by atoms with Gasteiger partial charge in [-0.15, -0.1) is 0 Å². The van der Waals surface area contributed by atoms with Gasteiger partial charge >= 0.3 is 0 Å². The van der Waals surface area contributed by atoms with E-state index in [0.29, 0.717) is 36.8 Å². The Morgan fingerprint density at radius 3 is 1.44 bits per heavy atom. The van der Waals surface area contributed by atoms with E-state index >= 15 is 0 Å². The van der Waals surface area contributed by atoms with Gasteiger partial charge in [0.1, 0.15) is 13.2 Å². The minimum Gasteiger partial charge on any atom is -0.504 e. The van der Waals surface area contributed by atoms with Gasteiger partial charge in [-0.3, -0.25) is 9.80 Å². The molecule has 48 heavy (non-hydrogen) atoms. The summed E-state index contributed by atoms with van der Waals surface area (Å²) in [6.45, 7) is 13.5. The first-order valence-electron chi connectivity index (χ1n) is 17.8. The van der Waals surface area contributed by atoms with Crippen LogP contribution < -0.4 is 9.47 Å². The zero-order valence-electron chi connectivity index (χ0n) is 29.2. The molecule has 6 heteroatoms. The van der Waals surface area contributed by atoms with Crippen LogP contribution in [0.1, 0.15) is 85.8 Å². The summed E-state index contributed by atoms with van der Waals surface area (Å²) in [5, 5.41) is 21.6. The third kappa shape index (κ3) is 7.99. The van der Waals surface area contributed by atoms with Gasteiger partial charge in [0.2, 0.25) is 0 Å². The lowest BCUT2D eigenvalue weighted by atomic mass is 9.92. The molecule has 254 valence electrons. The fourth-order valence-electron chi connectivity index (χ4n) is 7.39. The average Bonchev–Trinajstić information content (AvgIpc) is 3.07. The molecule has 0 aliphatic carbocycles. The Morgan fingerprint density at radius 1 is 0.604 bits per heavy atom. The van der Waals surface area contributed by atoms with E-state index in [0.717, 1.165) is 70.7 Å². The number of benzene rings is 4. The number of aromatic hydroxyl groups is 2. The summed E-state index contributed by atoms with van der Waals surface area (Å²) in [6, 6.07) is 25.4. The molecule has 0 amide bonds. The van der Waals surface area contributed by atoms with Crippen LogP contribution in [0.5, 0.6) is 23.0 Å². The smallest absolute Gasteiger partial charge is 0.161 e. The molecule has 2 heterocycles. The maximum atomic E-state index is 10.8. The van der Waals surface area contributed by atoms with Crippen molar-refractivity contribution in [3.63, 3.8) is 0 Å². The number of likely N-dealkylation sites (tertiary alicyclic amines) is 2. The van der Waals surface area contributed by atoms with Crippen LogP contribution in [0.4, 0.5) is 0 Å². The van der Waals surface area contributed by atoms with Crippen molar-refractivity contribution in [2.75, 3.05) is 13.1 Å². The van der Waals surface area contributed by atoms with Crippen molar-refractivity contribution >= 4 is 0 Å². The number of rotatable bonds is 11. The highest BCUT2D eigenvalue weighted by Crippen LogP contribution is 2.34. The lowest BCUT2D eigenvalue weighted by Crippen LogP contribution is -2.36. The summed E-state index contributed by atoms with van der Waals surface area (Å²) in [5.74, 6) is 1.38. The summed E-state index contributed by atoms with van der Waals surface area (Å²) in [4.78, 5) is 4.99. The molecule has 2 aliphatic heterocycles. The highest BCUT2D eigenvalue weighted by atomic mass is 16.5. The van der Waals surface area contributed by atoms with Crippen molar-refractivity contribution in [3.8, 4) is 34.1 Å². The van der Waals surface area contributed by atoms with Crippen molar-refractivity contribution in [1.82, 2.24) is 9.80 Å². The maximum absolute atomic E-state index is 10.8. The van der Waals surface area contributed by atoms with E-state index in [2.05, 4.69) is 86.0 Å². The Balaban J connectivity index is 1.10. The summed E-state index contributed by atoms with van der Waals surface area (Å²) in [7, 11) is 0. The summed E-state index contributed by atoms with van der Waals surface area (Å²) in [5.41, 5.74) is 8.94. The van der Waals surface area contributed by atoms with Crippen LogP contribution in [0, 0.1) is 13.8 Å². The summed E-state index contributed by atoms with van der Waals surface area (Å²) in [6.07, 6.45) is 7.56. The van der Waals surface area contributed by atoms with Crippen molar-refractivity contribution in [2.45, 2.75) is 105 Å². The number of hydrogen-bond acceptors (Lipinski definition) is 6. The van der Waals surface area contributed by atoms with Gasteiger partial charge in [-0.05, 0) is 135 Å². The maximum Gasteiger partial charge on any atom is 0.161 e. The molecule has 2 atom stereocenters. The molecule has 0 radical (unpaired) electrons. The molecule has 2 fully saturated rings. The second-order valence-electron chi connectivity index (χ2n) is 14.0. The second kappa shape index (κ2) is 15.5. The van der Waals surface area contributed by atoms with Gasteiger partial charge in [-0.25, -0.2) is 0 Å². The molecule has 2 saturated heterocycles. The number of nitrogens with zero attached hydrogens (tertiary/aromatic N) is 2. The van der Waals surface area contributed by atoms with E-state index in [1.807, 2.05) is 24.3 Å². The topological polar surface area (TPSA) is 65.4 Å². The molecular formula is C42H52N2O4. The first-order chi connectivity index (χ1) is 23.3. The summed E-state index contributed by atoms with van der Waals surface area (Å²) >= 11 is 0. The number of ether oxygens (including phenoxy) is 2. The molecule has 0 unspecified atom stereocenters. The predicted octanol–water partition coefficient (Wildman–Crippen LogP) is 9.29. The molecule has 6 nitrogen and oxygen atoms in total. The standard InChI is InChI=1S/C42H52N2O4/c1-29-11-5-7-21-43(29)25-33-17-19-41(39(45)23-33)47-27-35-13-9-15-37(31(35)3)38-16-10-14-36(32(38)4)28-48-42-20-18-34(24-40(42)46)26-44-22-8-6-12-30(44)2/h9-10,13-20,23-24,29-30,45-46H,5-8,11-12,21-22,25-28H2,1-4H3/t29-,30-/m1/s1. The van der Waals surface area contributed by atoms with Gasteiger partial charge in [0.15, 0.2) is 23.0 Å². The zero-order chi connectivity index (χ0) is 33.6. The Labute approximate surface area is 286 Å². The van der Waals surface area contributed by atoms with E-state index in [1.165, 1.54) is 38.5 Å². The largest absolute Gasteiger partial charge is 0.504 e. The zero-order valence-corrected chi connectivity index (χ0v) is 29.2. The molecule has 0 spiro atoms.